The highest BCUT2D eigenvalue weighted by molar-refractivity contribution is 7.88. The Bertz CT molecular complexity index is 1770. The highest BCUT2D eigenvalue weighted by atomic mass is 35.5. The van der Waals surface area contributed by atoms with Crippen molar-refractivity contribution in [3.63, 3.8) is 0 Å². The zero-order chi connectivity index (χ0) is 29.4. The van der Waals surface area contributed by atoms with Gasteiger partial charge in [0.2, 0.25) is 15.8 Å². The average molecular weight is 604 g/mol. The van der Waals surface area contributed by atoms with Crippen LogP contribution in [-0.2, 0) is 26.2 Å². The van der Waals surface area contributed by atoms with E-state index >= 15 is 0 Å². The number of carbonyl (C=O) groups is 3. The van der Waals surface area contributed by atoms with Crippen LogP contribution in [0.4, 0.5) is 5.69 Å². The van der Waals surface area contributed by atoms with Gasteiger partial charge in [0.25, 0.3) is 5.91 Å². The summed E-state index contributed by atoms with van der Waals surface area (Å²) in [5.74, 6) is -2.94. The standard InChI is InChI=1S/C27H23Cl2N3O7S/c1-40(37,38)32(27(36)21(30)12-23(33)34)13-14-3-2-4-15(9-14)16-5-7-19-22(10-16)39-26(24(19)31)25(35)18-8-6-17(28)11-20(18)29/h2-11,21H,12-13,30-31H2,1H3,(H,33,34)/t21-/m1/s1. The van der Waals surface area contributed by atoms with Crippen molar-refractivity contribution in [1.82, 2.24) is 4.31 Å². The molecule has 0 saturated heterocycles. The summed E-state index contributed by atoms with van der Waals surface area (Å²) in [6.07, 6.45) is 0.124. The molecule has 208 valence electrons. The molecule has 1 heterocycles. The van der Waals surface area contributed by atoms with Crippen molar-refractivity contribution in [3.8, 4) is 11.1 Å². The van der Waals surface area contributed by atoms with Crippen molar-refractivity contribution >= 4 is 67.5 Å². The van der Waals surface area contributed by atoms with Crippen LogP contribution in [0.3, 0.4) is 0 Å². The number of nitrogens with two attached hydrogens (primary N) is 2. The highest BCUT2D eigenvalue weighted by Gasteiger charge is 2.30. The minimum absolute atomic E-state index is 0.0786. The number of nitrogens with zero attached hydrogens (tertiary/aromatic N) is 1. The third kappa shape index (κ3) is 6.13. The van der Waals surface area contributed by atoms with Gasteiger partial charge in [0.05, 0.1) is 36.0 Å². The lowest BCUT2D eigenvalue weighted by Gasteiger charge is -2.23. The Morgan fingerprint density at radius 2 is 1.73 bits per heavy atom. The first kappa shape index (κ1) is 29.1. The summed E-state index contributed by atoms with van der Waals surface area (Å²) in [7, 11) is -4.05. The number of carboxylic acids is 1. The molecule has 0 saturated carbocycles. The third-order valence-corrected chi connectivity index (χ3v) is 7.71. The first-order valence-electron chi connectivity index (χ1n) is 11.7. The maximum absolute atomic E-state index is 13.1. The van der Waals surface area contributed by atoms with Gasteiger partial charge < -0.3 is 21.0 Å². The minimum atomic E-state index is -4.05. The molecule has 0 aliphatic heterocycles. The maximum Gasteiger partial charge on any atom is 0.305 e. The lowest BCUT2D eigenvalue weighted by atomic mass is 10.0. The number of carboxylic acid groups (broad SMARTS) is 1. The van der Waals surface area contributed by atoms with Crippen molar-refractivity contribution in [1.29, 1.82) is 0 Å². The van der Waals surface area contributed by atoms with Gasteiger partial charge in [0, 0.05) is 16.0 Å². The monoisotopic (exact) mass is 603 g/mol. The zero-order valence-corrected chi connectivity index (χ0v) is 23.3. The van der Waals surface area contributed by atoms with Crippen LogP contribution in [0.1, 0.15) is 28.1 Å². The normalized spacial score (nSPS) is 12.3. The Balaban J connectivity index is 1.66. The molecule has 5 N–H and O–H groups in total. The number of fused-ring (bicyclic) bond motifs is 1. The molecular weight excluding hydrogens is 581 g/mol. The van der Waals surface area contributed by atoms with Crippen LogP contribution in [0.15, 0.2) is 65.1 Å². The molecular formula is C27H23Cl2N3O7S. The van der Waals surface area contributed by atoms with Gasteiger partial charge in [-0.2, -0.15) is 0 Å². The summed E-state index contributed by atoms with van der Waals surface area (Å²) >= 11 is 12.1. The van der Waals surface area contributed by atoms with Gasteiger partial charge in [-0.25, -0.2) is 12.7 Å². The van der Waals surface area contributed by atoms with Crippen molar-refractivity contribution in [2.45, 2.75) is 19.0 Å². The number of hydrogen-bond donors (Lipinski definition) is 3. The van der Waals surface area contributed by atoms with Crippen LogP contribution in [0.5, 0.6) is 0 Å². The number of sulfonamides is 1. The Hall–Kier alpha value is -3.90. The van der Waals surface area contributed by atoms with E-state index in [-0.39, 0.29) is 28.6 Å². The molecule has 4 aromatic rings. The van der Waals surface area contributed by atoms with Gasteiger partial charge in [-0.15, -0.1) is 0 Å². The van der Waals surface area contributed by atoms with Crippen molar-refractivity contribution in [3.05, 3.63) is 87.6 Å². The predicted octanol–water partition coefficient (Wildman–Crippen LogP) is 4.31. The number of halogens is 2. The Morgan fingerprint density at radius 3 is 2.38 bits per heavy atom. The first-order valence-corrected chi connectivity index (χ1v) is 14.3. The molecule has 0 fully saturated rings. The molecule has 10 nitrogen and oxygen atoms in total. The van der Waals surface area contributed by atoms with E-state index in [9.17, 15) is 22.8 Å². The molecule has 0 aliphatic carbocycles. The Kier molecular flexibility index (Phi) is 8.22. The molecule has 0 bridgehead atoms. The van der Waals surface area contributed by atoms with Crippen LogP contribution in [-0.4, -0.2) is 47.8 Å². The smallest absolute Gasteiger partial charge is 0.305 e. The van der Waals surface area contributed by atoms with E-state index in [1.165, 1.54) is 18.2 Å². The minimum Gasteiger partial charge on any atom is -0.481 e. The number of aliphatic carboxylic acids is 1. The molecule has 3 aromatic carbocycles. The molecule has 0 radical (unpaired) electrons. The number of furan rings is 1. The number of hydrogen-bond acceptors (Lipinski definition) is 8. The molecule has 1 aromatic heterocycles. The summed E-state index contributed by atoms with van der Waals surface area (Å²) in [5.41, 5.74) is 14.3. The maximum atomic E-state index is 13.1. The van der Waals surface area contributed by atoms with Crippen molar-refractivity contribution in [2.24, 2.45) is 5.73 Å². The lowest BCUT2D eigenvalue weighted by molar-refractivity contribution is -0.140. The van der Waals surface area contributed by atoms with Gasteiger partial charge >= 0.3 is 5.97 Å². The fraction of sp³-hybridized carbons (Fsp3) is 0.148. The van der Waals surface area contributed by atoms with E-state index in [0.717, 1.165) is 6.26 Å². The number of amides is 1. The van der Waals surface area contributed by atoms with Crippen LogP contribution in [0, 0.1) is 0 Å². The second kappa shape index (κ2) is 11.3. The zero-order valence-electron chi connectivity index (χ0n) is 20.9. The van der Waals surface area contributed by atoms with Crippen LogP contribution in [0.25, 0.3) is 22.1 Å². The molecule has 0 unspecified atom stereocenters. The summed E-state index contributed by atoms with van der Waals surface area (Å²) in [5, 5.41) is 9.96. The molecule has 40 heavy (non-hydrogen) atoms. The summed E-state index contributed by atoms with van der Waals surface area (Å²) < 4.78 is 31.1. The topological polar surface area (TPSA) is 174 Å². The quantitative estimate of drug-likeness (QED) is 0.235. The number of nitrogen functional groups attached to an aromatic ring is 1. The third-order valence-electron chi connectivity index (χ3n) is 6.05. The molecule has 4 rings (SSSR count). The number of anilines is 1. The molecule has 0 spiro atoms. The van der Waals surface area contributed by atoms with Crippen LogP contribution >= 0.6 is 23.2 Å². The average Bonchev–Trinajstić information content (AvgIpc) is 3.21. The summed E-state index contributed by atoms with van der Waals surface area (Å²) in [6.45, 7) is -0.352. The SMILES string of the molecule is CS(=O)(=O)N(Cc1cccc(-c2ccc3c(N)c(C(=O)c4ccc(Cl)cc4Cl)oc3c2)c1)C(=O)[C@H](N)CC(=O)O. The van der Waals surface area contributed by atoms with E-state index in [0.29, 0.717) is 37.0 Å². The van der Waals surface area contributed by atoms with Gasteiger partial charge in [-0.05, 0) is 53.1 Å². The highest BCUT2D eigenvalue weighted by Crippen LogP contribution is 2.35. The Labute approximate surface area is 239 Å². The van der Waals surface area contributed by atoms with Gasteiger partial charge in [0.1, 0.15) is 5.58 Å². The van der Waals surface area contributed by atoms with Crippen molar-refractivity contribution < 1.29 is 32.3 Å². The van der Waals surface area contributed by atoms with E-state index in [2.05, 4.69) is 0 Å². The number of rotatable bonds is 9. The van der Waals surface area contributed by atoms with E-state index in [4.69, 9.17) is 44.2 Å². The Morgan fingerprint density at radius 1 is 1.02 bits per heavy atom. The second-order valence-electron chi connectivity index (χ2n) is 9.02. The van der Waals surface area contributed by atoms with E-state index in [1.807, 2.05) is 0 Å². The largest absolute Gasteiger partial charge is 0.481 e. The molecule has 0 aliphatic rings. The van der Waals surface area contributed by atoms with Crippen molar-refractivity contribution in [2.75, 3.05) is 12.0 Å². The first-order chi connectivity index (χ1) is 18.8. The fourth-order valence-electron chi connectivity index (χ4n) is 4.09. The number of ketones is 1. The molecule has 1 atom stereocenters. The fourth-order valence-corrected chi connectivity index (χ4v) is 5.43. The number of benzene rings is 3. The second-order valence-corrected chi connectivity index (χ2v) is 11.8. The molecule has 13 heteroatoms. The van der Waals surface area contributed by atoms with Crippen LogP contribution in [0.2, 0.25) is 10.0 Å². The van der Waals surface area contributed by atoms with Gasteiger partial charge in [0.15, 0.2) is 5.76 Å². The van der Waals surface area contributed by atoms with E-state index < -0.39 is 40.1 Å². The lowest BCUT2D eigenvalue weighted by Crippen LogP contribution is -2.46. The van der Waals surface area contributed by atoms with Crippen LogP contribution < -0.4 is 11.5 Å². The summed E-state index contributed by atoms with van der Waals surface area (Å²) in [6, 6.07) is 14.8. The van der Waals surface area contributed by atoms with Gasteiger partial charge in [-0.3, -0.25) is 14.4 Å². The molecule has 1 amide bonds. The predicted molar refractivity (Wildman–Crippen MR) is 152 cm³/mol. The van der Waals surface area contributed by atoms with Gasteiger partial charge in [-0.1, -0.05) is 47.5 Å². The van der Waals surface area contributed by atoms with E-state index in [1.54, 1.807) is 42.5 Å². The summed E-state index contributed by atoms with van der Waals surface area (Å²) in [4.78, 5) is 36.7. The number of carbonyl (C=O) groups excluding carboxylic acids is 2.